The number of thioether (sulfide) groups is 1. The van der Waals surface area contributed by atoms with Crippen molar-refractivity contribution in [3.05, 3.63) is 77.1 Å². The third-order valence-electron chi connectivity index (χ3n) is 4.76. The summed E-state index contributed by atoms with van der Waals surface area (Å²) in [5, 5.41) is 3.09. The van der Waals surface area contributed by atoms with Crippen LogP contribution in [0.1, 0.15) is 27.7 Å². The molecule has 2 aromatic carbocycles. The molecule has 0 bridgehead atoms. The second-order valence-corrected chi connectivity index (χ2v) is 8.06. The normalized spacial score (nSPS) is 17.9. The Morgan fingerprint density at radius 3 is 2.77 bits per heavy atom. The molecule has 1 aliphatic heterocycles. The molecule has 0 aliphatic carbocycles. The van der Waals surface area contributed by atoms with Gasteiger partial charge in [-0.15, -0.1) is 0 Å². The molecule has 0 N–H and O–H groups in total. The monoisotopic (exact) mass is 382 g/mol. The van der Waals surface area contributed by atoms with Crippen molar-refractivity contribution >= 4 is 40.0 Å². The predicted octanol–water partition coefficient (Wildman–Crippen LogP) is 5.21. The van der Waals surface area contributed by atoms with Gasteiger partial charge in [-0.3, -0.25) is 9.78 Å². The zero-order chi connectivity index (χ0) is 17.9. The van der Waals surface area contributed by atoms with Crippen molar-refractivity contribution < 1.29 is 4.79 Å². The van der Waals surface area contributed by atoms with Crippen LogP contribution in [-0.2, 0) is 0 Å². The van der Waals surface area contributed by atoms with E-state index >= 15 is 0 Å². The summed E-state index contributed by atoms with van der Waals surface area (Å²) in [5.41, 5.74) is 1.71. The van der Waals surface area contributed by atoms with Gasteiger partial charge in [0.05, 0.1) is 0 Å². The van der Waals surface area contributed by atoms with Crippen molar-refractivity contribution in [3.63, 3.8) is 0 Å². The Kier molecular flexibility index (Phi) is 5.14. The van der Waals surface area contributed by atoms with Gasteiger partial charge in [-0.2, -0.15) is 11.8 Å². The molecule has 1 aliphatic rings. The van der Waals surface area contributed by atoms with Crippen LogP contribution in [0.15, 0.2) is 60.8 Å². The maximum Gasteiger partial charge on any atom is 0.273 e. The Balaban J connectivity index is 1.55. The highest BCUT2D eigenvalue weighted by atomic mass is 35.5. The van der Waals surface area contributed by atoms with E-state index in [9.17, 15) is 4.79 Å². The number of rotatable bonds is 2. The van der Waals surface area contributed by atoms with Gasteiger partial charge in [-0.25, -0.2) is 0 Å². The summed E-state index contributed by atoms with van der Waals surface area (Å²) in [7, 11) is 0. The smallest absolute Gasteiger partial charge is 0.273 e. The lowest BCUT2D eigenvalue weighted by molar-refractivity contribution is 0.0763. The minimum Gasteiger partial charge on any atom is -0.336 e. The number of carbonyl (C=O) groups is 1. The minimum absolute atomic E-state index is 0.0159. The minimum atomic E-state index is 0.0159. The average Bonchev–Trinajstić information content (AvgIpc) is 2.93. The number of halogens is 1. The standard InChI is InChI=1S/C21H19ClN2OS/c22-18-8-4-3-7-17(18)19-10-12-24(13-14-26-19)21(25)20-16-6-2-1-5-15(16)9-11-23-20/h1-9,11,19H,10,12-14H2. The van der Waals surface area contributed by atoms with Crippen molar-refractivity contribution in [1.82, 2.24) is 9.88 Å². The molecule has 1 unspecified atom stereocenters. The van der Waals surface area contributed by atoms with Gasteiger partial charge < -0.3 is 4.90 Å². The largest absolute Gasteiger partial charge is 0.336 e. The maximum absolute atomic E-state index is 13.1. The topological polar surface area (TPSA) is 33.2 Å². The molecule has 3 nitrogen and oxygen atoms in total. The van der Waals surface area contributed by atoms with E-state index < -0.39 is 0 Å². The number of nitrogens with zero attached hydrogens (tertiary/aromatic N) is 2. The van der Waals surface area contributed by atoms with Crippen LogP contribution in [0.2, 0.25) is 5.02 Å². The van der Waals surface area contributed by atoms with E-state index in [1.54, 1.807) is 6.20 Å². The number of benzene rings is 2. The SMILES string of the molecule is O=C(c1nccc2ccccc12)N1CCSC(c2ccccc2Cl)CC1. The molecule has 132 valence electrons. The molecule has 1 aromatic heterocycles. The highest BCUT2D eigenvalue weighted by Gasteiger charge is 2.25. The zero-order valence-electron chi connectivity index (χ0n) is 14.3. The molecule has 0 radical (unpaired) electrons. The fraction of sp³-hybridized carbons (Fsp3) is 0.238. The number of carbonyl (C=O) groups excluding carboxylic acids is 1. The van der Waals surface area contributed by atoms with Crippen LogP contribution in [-0.4, -0.2) is 34.6 Å². The summed E-state index contributed by atoms with van der Waals surface area (Å²) < 4.78 is 0. The van der Waals surface area contributed by atoms with Crippen molar-refractivity contribution in [1.29, 1.82) is 0 Å². The molecule has 1 atom stereocenters. The maximum atomic E-state index is 13.1. The van der Waals surface area contributed by atoms with Crippen LogP contribution in [0.4, 0.5) is 0 Å². The lowest BCUT2D eigenvalue weighted by Gasteiger charge is -2.20. The second kappa shape index (κ2) is 7.68. The van der Waals surface area contributed by atoms with E-state index in [1.807, 2.05) is 65.2 Å². The van der Waals surface area contributed by atoms with E-state index in [2.05, 4.69) is 11.1 Å². The Bertz CT molecular complexity index is 941. The van der Waals surface area contributed by atoms with Crippen LogP contribution in [0.5, 0.6) is 0 Å². The number of amides is 1. The molecule has 4 rings (SSSR count). The Labute approximate surface area is 162 Å². The third-order valence-corrected chi connectivity index (χ3v) is 6.41. The van der Waals surface area contributed by atoms with Crippen LogP contribution < -0.4 is 0 Å². The number of hydrogen-bond acceptors (Lipinski definition) is 3. The molecule has 0 spiro atoms. The molecule has 1 saturated heterocycles. The van der Waals surface area contributed by atoms with E-state index in [4.69, 9.17) is 11.6 Å². The molecule has 5 heteroatoms. The van der Waals surface area contributed by atoms with Crippen molar-refractivity contribution in [2.45, 2.75) is 11.7 Å². The Hall–Kier alpha value is -2.04. The fourth-order valence-corrected chi connectivity index (χ4v) is 5.00. The van der Waals surface area contributed by atoms with Gasteiger partial charge in [0.25, 0.3) is 5.91 Å². The Morgan fingerprint density at radius 1 is 1.08 bits per heavy atom. The first-order valence-electron chi connectivity index (χ1n) is 8.73. The summed E-state index contributed by atoms with van der Waals surface area (Å²) in [6, 6.07) is 17.9. The average molecular weight is 383 g/mol. The molecule has 3 aromatic rings. The van der Waals surface area contributed by atoms with Gasteiger partial charge in [0.1, 0.15) is 5.69 Å². The second-order valence-electron chi connectivity index (χ2n) is 6.34. The molecular weight excluding hydrogens is 364 g/mol. The van der Waals surface area contributed by atoms with Crippen LogP contribution >= 0.6 is 23.4 Å². The van der Waals surface area contributed by atoms with Crippen LogP contribution in [0, 0.1) is 0 Å². The third kappa shape index (κ3) is 3.44. The van der Waals surface area contributed by atoms with Crippen molar-refractivity contribution in [2.24, 2.45) is 0 Å². The summed E-state index contributed by atoms with van der Waals surface area (Å²) in [6.07, 6.45) is 2.61. The predicted molar refractivity (Wildman–Crippen MR) is 109 cm³/mol. The first-order valence-corrected chi connectivity index (χ1v) is 10.2. The van der Waals surface area contributed by atoms with Gasteiger partial charge in [0.15, 0.2) is 0 Å². The van der Waals surface area contributed by atoms with Gasteiger partial charge in [-0.1, -0.05) is 54.1 Å². The molecule has 1 amide bonds. The highest BCUT2D eigenvalue weighted by molar-refractivity contribution is 7.99. The number of fused-ring (bicyclic) bond motifs is 1. The van der Waals surface area contributed by atoms with Crippen molar-refractivity contribution in [2.75, 3.05) is 18.8 Å². The van der Waals surface area contributed by atoms with E-state index in [1.165, 1.54) is 0 Å². The molecule has 26 heavy (non-hydrogen) atoms. The summed E-state index contributed by atoms with van der Waals surface area (Å²) in [5.74, 6) is 0.911. The van der Waals surface area contributed by atoms with Gasteiger partial charge in [0, 0.05) is 40.7 Å². The zero-order valence-corrected chi connectivity index (χ0v) is 15.8. The lowest BCUT2D eigenvalue weighted by atomic mass is 10.1. The summed E-state index contributed by atoms with van der Waals surface area (Å²) >= 11 is 8.24. The first kappa shape index (κ1) is 17.4. The highest BCUT2D eigenvalue weighted by Crippen LogP contribution is 2.38. The van der Waals surface area contributed by atoms with Crippen LogP contribution in [0.25, 0.3) is 10.8 Å². The van der Waals surface area contributed by atoms with E-state index in [-0.39, 0.29) is 5.91 Å². The van der Waals surface area contributed by atoms with Gasteiger partial charge >= 0.3 is 0 Å². The number of pyridine rings is 1. The van der Waals surface area contributed by atoms with E-state index in [0.717, 1.165) is 40.1 Å². The number of aromatic nitrogens is 1. The summed E-state index contributed by atoms with van der Waals surface area (Å²) in [4.78, 5) is 19.4. The first-order chi connectivity index (χ1) is 12.7. The van der Waals surface area contributed by atoms with Gasteiger partial charge in [-0.05, 0) is 29.5 Å². The fourth-order valence-electron chi connectivity index (χ4n) is 3.40. The quantitative estimate of drug-likeness (QED) is 0.610. The molecule has 0 saturated carbocycles. The number of hydrogen-bond donors (Lipinski definition) is 0. The molecule has 1 fully saturated rings. The Morgan fingerprint density at radius 2 is 1.88 bits per heavy atom. The van der Waals surface area contributed by atoms with Crippen LogP contribution in [0.3, 0.4) is 0 Å². The van der Waals surface area contributed by atoms with Crippen molar-refractivity contribution in [3.8, 4) is 0 Å². The lowest BCUT2D eigenvalue weighted by Crippen LogP contribution is -2.33. The molecular formula is C21H19ClN2OS. The molecule has 2 heterocycles. The summed E-state index contributed by atoms with van der Waals surface area (Å²) in [6.45, 7) is 1.45. The van der Waals surface area contributed by atoms with E-state index in [0.29, 0.717) is 17.5 Å². The van der Waals surface area contributed by atoms with Gasteiger partial charge in [0.2, 0.25) is 0 Å².